The molecule has 4 saturated heterocycles. The Morgan fingerprint density at radius 3 is 2.77 bits per heavy atom. The van der Waals surface area contributed by atoms with Crippen LogP contribution in [-0.2, 0) is 9.47 Å². The fraction of sp³-hybridized carbons (Fsp3) is 0.944. The zero-order valence-corrected chi connectivity index (χ0v) is 18.9. The summed E-state index contributed by atoms with van der Waals surface area (Å²) in [6.45, 7) is 7.70. The van der Waals surface area contributed by atoms with Gasteiger partial charge in [0.1, 0.15) is 0 Å². The summed E-state index contributed by atoms with van der Waals surface area (Å²) in [7, 11) is 0. The second-order valence-corrected chi connectivity index (χ2v) is 8.79. The normalized spacial score (nSPS) is 37.6. The van der Waals surface area contributed by atoms with Gasteiger partial charge in [-0.1, -0.05) is 0 Å². The number of aliphatic imine (C=N–C) groups is 1. The lowest BCUT2D eigenvalue weighted by Crippen LogP contribution is -2.56. The zero-order chi connectivity index (χ0) is 17.1. The second-order valence-electron chi connectivity index (χ2n) is 7.68. The summed E-state index contributed by atoms with van der Waals surface area (Å²) in [4.78, 5) is 7.66. The molecule has 8 heteroatoms. The number of rotatable bonds is 5. The highest BCUT2D eigenvalue weighted by Crippen LogP contribution is 2.35. The van der Waals surface area contributed by atoms with Gasteiger partial charge >= 0.3 is 0 Å². The average molecular weight is 496 g/mol. The Bertz CT molecular complexity index is 484. The van der Waals surface area contributed by atoms with Crippen LogP contribution < -0.4 is 10.6 Å². The number of hydrogen-bond donors (Lipinski definition) is 2. The Labute approximate surface area is 178 Å². The molecule has 0 aromatic heterocycles. The van der Waals surface area contributed by atoms with Crippen LogP contribution in [0.4, 0.5) is 0 Å². The molecule has 150 valence electrons. The van der Waals surface area contributed by atoms with Gasteiger partial charge in [0, 0.05) is 25.4 Å². The smallest absolute Gasteiger partial charge is 0.191 e. The van der Waals surface area contributed by atoms with Gasteiger partial charge < -0.3 is 20.1 Å². The van der Waals surface area contributed by atoms with Crippen LogP contribution in [0.15, 0.2) is 4.99 Å². The summed E-state index contributed by atoms with van der Waals surface area (Å²) in [6, 6.07) is 0.425. The molecule has 6 nitrogen and oxygen atoms in total. The highest BCUT2D eigenvalue weighted by atomic mass is 127. The summed E-state index contributed by atoms with van der Waals surface area (Å²) >= 11 is 2.07. The molecule has 4 atom stereocenters. The molecule has 0 amide bonds. The number of guanidine groups is 1. The van der Waals surface area contributed by atoms with Crippen molar-refractivity contribution in [3.8, 4) is 0 Å². The molecule has 4 aliphatic heterocycles. The SMILES string of the molecule is CCNC(=NCC1(N2CCOCC2)CCSC1)NC1CC2CCC1O2.I. The summed E-state index contributed by atoms with van der Waals surface area (Å²) in [5.41, 5.74) is 0.210. The fourth-order valence-corrected chi connectivity index (χ4v) is 6.09. The highest BCUT2D eigenvalue weighted by molar-refractivity contribution is 14.0. The Kier molecular flexibility index (Phi) is 7.76. The molecule has 0 radical (unpaired) electrons. The van der Waals surface area contributed by atoms with Gasteiger partial charge in [-0.05, 0) is 38.4 Å². The zero-order valence-electron chi connectivity index (χ0n) is 15.7. The molecule has 4 aliphatic rings. The Hall–Kier alpha value is 0.230. The van der Waals surface area contributed by atoms with Crippen molar-refractivity contribution in [2.75, 3.05) is 50.9 Å². The van der Waals surface area contributed by atoms with Crippen molar-refractivity contribution in [2.45, 2.75) is 56.4 Å². The number of halogens is 1. The molecule has 0 aromatic rings. The molecule has 0 aromatic carbocycles. The molecule has 26 heavy (non-hydrogen) atoms. The molecule has 4 rings (SSSR count). The van der Waals surface area contributed by atoms with E-state index in [-0.39, 0.29) is 29.5 Å². The van der Waals surface area contributed by atoms with E-state index in [0.29, 0.717) is 18.2 Å². The summed E-state index contributed by atoms with van der Waals surface area (Å²) in [5, 5.41) is 7.10. The number of hydrogen-bond acceptors (Lipinski definition) is 5. The van der Waals surface area contributed by atoms with Gasteiger partial charge in [-0.15, -0.1) is 24.0 Å². The first-order valence-corrected chi connectivity index (χ1v) is 11.1. The maximum absolute atomic E-state index is 5.99. The number of nitrogens with one attached hydrogen (secondary N) is 2. The van der Waals surface area contributed by atoms with Gasteiger partial charge in [-0.2, -0.15) is 11.8 Å². The lowest BCUT2D eigenvalue weighted by molar-refractivity contribution is -0.0104. The van der Waals surface area contributed by atoms with E-state index in [9.17, 15) is 0 Å². The highest BCUT2D eigenvalue weighted by Gasteiger charge is 2.42. The van der Waals surface area contributed by atoms with Crippen LogP contribution in [0, 0.1) is 0 Å². The molecule has 0 aliphatic carbocycles. The summed E-state index contributed by atoms with van der Waals surface area (Å²) < 4.78 is 11.5. The minimum atomic E-state index is 0. The topological polar surface area (TPSA) is 58.1 Å². The maximum Gasteiger partial charge on any atom is 0.191 e. The third-order valence-electron chi connectivity index (χ3n) is 6.07. The van der Waals surface area contributed by atoms with Gasteiger partial charge in [-0.3, -0.25) is 9.89 Å². The predicted octanol–water partition coefficient (Wildman–Crippen LogP) is 1.69. The van der Waals surface area contributed by atoms with E-state index in [4.69, 9.17) is 14.5 Å². The molecule has 4 heterocycles. The molecule has 4 fully saturated rings. The van der Waals surface area contributed by atoms with Crippen LogP contribution >= 0.6 is 35.7 Å². The molecular formula is C18H33IN4O2S. The molecule has 2 N–H and O–H groups in total. The van der Waals surface area contributed by atoms with Gasteiger partial charge in [0.25, 0.3) is 0 Å². The van der Waals surface area contributed by atoms with E-state index in [1.165, 1.54) is 30.8 Å². The lowest BCUT2D eigenvalue weighted by Gasteiger charge is -2.42. The van der Waals surface area contributed by atoms with Crippen LogP contribution in [0.5, 0.6) is 0 Å². The second kappa shape index (κ2) is 9.62. The van der Waals surface area contributed by atoms with E-state index < -0.39 is 0 Å². The largest absolute Gasteiger partial charge is 0.379 e. The predicted molar refractivity (Wildman–Crippen MR) is 118 cm³/mol. The molecule has 0 saturated carbocycles. The van der Waals surface area contributed by atoms with Gasteiger partial charge in [0.05, 0.1) is 43.5 Å². The van der Waals surface area contributed by atoms with Crippen LogP contribution in [0.25, 0.3) is 0 Å². The van der Waals surface area contributed by atoms with Crippen molar-refractivity contribution in [3.05, 3.63) is 0 Å². The standard InChI is InChI=1S/C18H32N4O2S.HI/c1-2-19-17(21-15-11-14-3-4-16(15)24-14)20-12-18(5-10-25-13-18)22-6-8-23-9-7-22;/h14-16H,2-13H2,1H3,(H2,19,20,21);1H. The van der Waals surface area contributed by atoms with E-state index in [1.807, 2.05) is 0 Å². The van der Waals surface area contributed by atoms with Gasteiger partial charge in [0.2, 0.25) is 0 Å². The van der Waals surface area contributed by atoms with E-state index in [1.54, 1.807) is 0 Å². The van der Waals surface area contributed by atoms with Crippen molar-refractivity contribution in [2.24, 2.45) is 4.99 Å². The lowest BCUT2D eigenvalue weighted by atomic mass is 9.95. The van der Waals surface area contributed by atoms with E-state index in [0.717, 1.165) is 51.8 Å². The van der Waals surface area contributed by atoms with Crippen molar-refractivity contribution in [3.63, 3.8) is 0 Å². The summed E-state index contributed by atoms with van der Waals surface area (Å²) in [5.74, 6) is 3.40. The minimum absolute atomic E-state index is 0. The average Bonchev–Trinajstić information content (AvgIpc) is 3.38. The monoisotopic (exact) mass is 496 g/mol. The number of nitrogens with zero attached hydrogens (tertiary/aromatic N) is 2. The summed E-state index contributed by atoms with van der Waals surface area (Å²) in [6.07, 6.45) is 5.63. The van der Waals surface area contributed by atoms with Crippen molar-refractivity contribution in [1.82, 2.24) is 15.5 Å². The molecule has 2 bridgehead atoms. The van der Waals surface area contributed by atoms with Crippen molar-refractivity contribution >= 4 is 41.7 Å². The number of thioether (sulfide) groups is 1. The van der Waals surface area contributed by atoms with Crippen molar-refractivity contribution < 1.29 is 9.47 Å². The number of morpholine rings is 1. The van der Waals surface area contributed by atoms with E-state index in [2.05, 4.69) is 34.2 Å². The van der Waals surface area contributed by atoms with Gasteiger partial charge in [0.15, 0.2) is 5.96 Å². The maximum atomic E-state index is 5.99. The van der Waals surface area contributed by atoms with Gasteiger partial charge in [-0.25, -0.2) is 0 Å². The van der Waals surface area contributed by atoms with Crippen molar-refractivity contribution in [1.29, 1.82) is 0 Å². The third-order valence-corrected chi connectivity index (χ3v) is 7.30. The first kappa shape index (κ1) is 21.0. The van der Waals surface area contributed by atoms with Crippen LogP contribution in [0.2, 0.25) is 0 Å². The number of fused-ring (bicyclic) bond motifs is 2. The quantitative estimate of drug-likeness (QED) is 0.343. The Morgan fingerprint density at radius 2 is 2.15 bits per heavy atom. The van der Waals surface area contributed by atoms with Crippen LogP contribution in [-0.4, -0.2) is 85.5 Å². The molecule has 4 unspecified atom stereocenters. The Morgan fingerprint density at radius 1 is 1.31 bits per heavy atom. The molecule has 0 spiro atoms. The fourth-order valence-electron chi connectivity index (χ4n) is 4.62. The van der Waals surface area contributed by atoms with Crippen LogP contribution in [0.1, 0.15) is 32.6 Å². The minimum Gasteiger partial charge on any atom is -0.379 e. The first-order valence-electron chi connectivity index (χ1n) is 9.90. The third kappa shape index (κ3) is 4.61. The Balaban J connectivity index is 0.00000196. The first-order chi connectivity index (χ1) is 12.3. The molecular weight excluding hydrogens is 463 g/mol. The van der Waals surface area contributed by atoms with Crippen LogP contribution in [0.3, 0.4) is 0 Å². The number of ether oxygens (including phenoxy) is 2. The van der Waals surface area contributed by atoms with E-state index >= 15 is 0 Å².